The summed E-state index contributed by atoms with van der Waals surface area (Å²) < 4.78 is 0. The van der Waals surface area contributed by atoms with Crippen LogP contribution in [0.15, 0.2) is 67.1 Å². The first-order valence-corrected chi connectivity index (χ1v) is 10.6. The molecule has 1 saturated heterocycles. The van der Waals surface area contributed by atoms with E-state index in [2.05, 4.69) is 82.6 Å². The van der Waals surface area contributed by atoms with Gasteiger partial charge in [-0.05, 0) is 55.5 Å². The first-order chi connectivity index (χ1) is 14.2. The van der Waals surface area contributed by atoms with Crippen LogP contribution in [0, 0.1) is 6.92 Å². The van der Waals surface area contributed by atoms with Gasteiger partial charge in [-0.15, -0.1) is 0 Å². The molecule has 0 bridgehead atoms. The molecule has 1 unspecified atom stereocenters. The molecule has 1 atom stereocenters. The van der Waals surface area contributed by atoms with Gasteiger partial charge in [-0.2, -0.15) is 0 Å². The summed E-state index contributed by atoms with van der Waals surface area (Å²) in [6.07, 6.45) is 8.62. The van der Waals surface area contributed by atoms with E-state index in [-0.39, 0.29) is 0 Å². The van der Waals surface area contributed by atoms with Crippen LogP contribution in [0.3, 0.4) is 0 Å². The predicted molar refractivity (Wildman–Crippen MR) is 120 cm³/mol. The van der Waals surface area contributed by atoms with Crippen LogP contribution in [0.1, 0.15) is 31.0 Å². The third-order valence-corrected chi connectivity index (χ3v) is 5.81. The number of benzene rings is 2. The summed E-state index contributed by atoms with van der Waals surface area (Å²) in [4.78, 5) is 11.1. The molecule has 150 valence electrons. The van der Waals surface area contributed by atoms with Gasteiger partial charge < -0.3 is 10.2 Å². The molecule has 3 aromatic rings. The number of nitrogens with zero attached hydrogens (tertiary/aromatic N) is 3. The Morgan fingerprint density at radius 2 is 1.90 bits per heavy atom. The summed E-state index contributed by atoms with van der Waals surface area (Å²) in [5.41, 5.74) is 6.33. The lowest BCUT2D eigenvalue weighted by molar-refractivity contribution is 0.374. The van der Waals surface area contributed by atoms with Crippen LogP contribution in [0.2, 0.25) is 0 Å². The number of aromatic nitrogens is 2. The normalized spacial score (nSPS) is 16.0. The van der Waals surface area contributed by atoms with Crippen molar-refractivity contribution in [3.05, 3.63) is 78.4 Å². The van der Waals surface area contributed by atoms with Gasteiger partial charge in [0.2, 0.25) is 0 Å². The molecule has 4 heteroatoms. The second-order valence-electron chi connectivity index (χ2n) is 8.10. The molecular formula is C25H30N4. The van der Waals surface area contributed by atoms with Crippen molar-refractivity contribution in [3.8, 4) is 11.1 Å². The summed E-state index contributed by atoms with van der Waals surface area (Å²) in [6.45, 7) is 6.60. The maximum absolute atomic E-state index is 4.39. The number of hydrogen-bond donors (Lipinski definition) is 1. The topological polar surface area (TPSA) is 41.0 Å². The highest BCUT2D eigenvalue weighted by Gasteiger charge is 2.21. The number of rotatable bonds is 6. The van der Waals surface area contributed by atoms with Gasteiger partial charge in [0, 0.05) is 55.9 Å². The van der Waals surface area contributed by atoms with Crippen molar-refractivity contribution in [2.75, 3.05) is 18.0 Å². The quantitative estimate of drug-likeness (QED) is 0.670. The Kier molecular flexibility index (Phi) is 6.20. The van der Waals surface area contributed by atoms with Crippen LogP contribution < -0.4 is 10.2 Å². The van der Waals surface area contributed by atoms with Crippen molar-refractivity contribution in [2.24, 2.45) is 0 Å². The van der Waals surface area contributed by atoms with Crippen LogP contribution in [0.5, 0.6) is 0 Å². The van der Waals surface area contributed by atoms with Crippen LogP contribution in [0.4, 0.5) is 5.69 Å². The van der Waals surface area contributed by atoms with Crippen molar-refractivity contribution in [1.82, 2.24) is 15.3 Å². The Bertz CT molecular complexity index is 917. The Morgan fingerprint density at radius 3 is 2.66 bits per heavy atom. The van der Waals surface area contributed by atoms with Gasteiger partial charge in [0.1, 0.15) is 0 Å². The van der Waals surface area contributed by atoms with Gasteiger partial charge in [-0.25, -0.2) is 0 Å². The van der Waals surface area contributed by atoms with Gasteiger partial charge in [0.25, 0.3) is 0 Å². The lowest BCUT2D eigenvalue weighted by Crippen LogP contribution is -2.46. The molecule has 2 aromatic carbocycles. The fourth-order valence-corrected chi connectivity index (χ4v) is 4.28. The minimum atomic E-state index is 0.410. The minimum Gasteiger partial charge on any atom is -0.371 e. The van der Waals surface area contributed by atoms with Gasteiger partial charge >= 0.3 is 0 Å². The van der Waals surface area contributed by atoms with Crippen molar-refractivity contribution >= 4 is 5.69 Å². The van der Waals surface area contributed by atoms with Crippen molar-refractivity contribution < 1.29 is 0 Å². The number of hydrogen-bond acceptors (Lipinski definition) is 4. The molecule has 29 heavy (non-hydrogen) atoms. The monoisotopic (exact) mass is 386 g/mol. The Balaban J connectivity index is 1.34. The van der Waals surface area contributed by atoms with Crippen molar-refractivity contribution in [2.45, 2.75) is 45.2 Å². The molecule has 0 radical (unpaired) electrons. The molecule has 4 rings (SSSR count). The molecule has 0 aliphatic carbocycles. The molecule has 1 N–H and O–H groups in total. The lowest BCUT2D eigenvalue weighted by Gasteiger charge is -2.35. The Morgan fingerprint density at radius 1 is 1.07 bits per heavy atom. The molecule has 1 aliphatic heterocycles. The van der Waals surface area contributed by atoms with E-state index in [1.165, 1.54) is 35.2 Å². The minimum absolute atomic E-state index is 0.410. The third kappa shape index (κ3) is 5.01. The van der Waals surface area contributed by atoms with Crippen LogP contribution in [-0.4, -0.2) is 35.1 Å². The summed E-state index contributed by atoms with van der Waals surface area (Å²) in [5, 5.41) is 3.79. The van der Waals surface area contributed by atoms with E-state index in [1.807, 2.05) is 6.20 Å². The molecule has 0 amide bonds. The first kappa shape index (κ1) is 19.6. The van der Waals surface area contributed by atoms with E-state index in [9.17, 15) is 0 Å². The fraction of sp³-hybridized carbons (Fsp3) is 0.360. The van der Waals surface area contributed by atoms with Gasteiger partial charge in [0.15, 0.2) is 0 Å². The number of aryl methyl sites for hydroxylation is 1. The summed E-state index contributed by atoms with van der Waals surface area (Å²) in [6, 6.07) is 18.6. The summed E-state index contributed by atoms with van der Waals surface area (Å²) >= 11 is 0. The summed E-state index contributed by atoms with van der Waals surface area (Å²) in [5.74, 6) is 0. The smallest absolute Gasteiger partial charge is 0.0602 e. The van der Waals surface area contributed by atoms with E-state index in [4.69, 9.17) is 0 Å². The summed E-state index contributed by atoms with van der Waals surface area (Å²) in [7, 11) is 0. The zero-order valence-corrected chi connectivity index (χ0v) is 17.4. The van der Waals surface area contributed by atoms with Crippen molar-refractivity contribution in [1.29, 1.82) is 0 Å². The number of anilines is 1. The molecule has 1 aliphatic rings. The first-order valence-electron chi connectivity index (χ1n) is 10.6. The van der Waals surface area contributed by atoms with Crippen LogP contribution in [0.25, 0.3) is 11.1 Å². The average Bonchev–Trinajstić information content (AvgIpc) is 2.75. The fourth-order valence-electron chi connectivity index (χ4n) is 4.28. The predicted octanol–water partition coefficient (Wildman–Crippen LogP) is 4.64. The maximum atomic E-state index is 4.39. The maximum Gasteiger partial charge on any atom is 0.0602 e. The standard InChI is InChI=1S/C25H30N4/c1-19-6-3-4-9-25(19)21-7-5-8-24(17-21)29-14-10-22(11-15-29)28-20(2)16-23-18-26-12-13-27-23/h3-9,12-13,17-18,20,22,28H,10-11,14-16H2,1-2H3. The number of nitrogens with one attached hydrogen (secondary N) is 1. The van der Waals surface area contributed by atoms with Gasteiger partial charge in [-0.3, -0.25) is 9.97 Å². The number of piperidine rings is 1. The van der Waals surface area contributed by atoms with Crippen LogP contribution >= 0.6 is 0 Å². The Hall–Kier alpha value is -2.72. The highest BCUT2D eigenvalue weighted by atomic mass is 15.1. The molecule has 1 aromatic heterocycles. The third-order valence-electron chi connectivity index (χ3n) is 5.81. The van der Waals surface area contributed by atoms with E-state index in [0.717, 1.165) is 25.2 Å². The average molecular weight is 387 g/mol. The molecule has 2 heterocycles. The highest BCUT2D eigenvalue weighted by molar-refractivity contribution is 5.71. The molecule has 4 nitrogen and oxygen atoms in total. The Labute approximate surface area is 174 Å². The zero-order chi connectivity index (χ0) is 20.1. The van der Waals surface area contributed by atoms with Crippen LogP contribution in [-0.2, 0) is 6.42 Å². The largest absolute Gasteiger partial charge is 0.371 e. The molecule has 1 fully saturated rings. The highest BCUT2D eigenvalue weighted by Crippen LogP contribution is 2.28. The van der Waals surface area contributed by atoms with Gasteiger partial charge in [0.05, 0.1) is 5.69 Å². The zero-order valence-electron chi connectivity index (χ0n) is 17.4. The molecular weight excluding hydrogens is 356 g/mol. The van der Waals surface area contributed by atoms with E-state index in [0.29, 0.717) is 12.1 Å². The van der Waals surface area contributed by atoms with E-state index in [1.54, 1.807) is 12.4 Å². The second-order valence-corrected chi connectivity index (χ2v) is 8.10. The van der Waals surface area contributed by atoms with E-state index < -0.39 is 0 Å². The SMILES string of the molecule is Cc1ccccc1-c1cccc(N2CCC(NC(C)Cc3cnccn3)CC2)c1. The molecule has 0 spiro atoms. The van der Waals surface area contributed by atoms with E-state index >= 15 is 0 Å². The second kappa shape index (κ2) is 9.19. The van der Waals surface area contributed by atoms with Crippen molar-refractivity contribution in [3.63, 3.8) is 0 Å². The molecule has 0 saturated carbocycles. The lowest BCUT2D eigenvalue weighted by atomic mass is 9.98. The van der Waals surface area contributed by atoms with Gasteiger partial charge in [-0.1, -0.05) is 36.4 Å².